The molecule has 0 fully saturated rings. The van der Waals surface area contributed by atoms with E-state index in [1.54, 1.807) is 24.5 Å². The molecule has 0 unspecified atom stereocenters. The van der Waals surface area contributed by atoms with Crippen LogP contribution in [0.25, 0.3) is 22.2 Å². The van der Waals surface area contributed by atoms with Crippen LogP contribution in [0, 0.1) is 17.7 Å². The predicted molar refractivity (Wildman–Crippen MR) is 97.8 cm³/mol. The van der Waals surface area contributed by atoms with Crippen molar-refractivity contribution in [2.45, 2.75) is 13.3 Å². The van der Waals surface area contributed by atoms with Gasteiger partial charge in [0.2, 0.25) is 0 Å². The monoisotopic (exact) mass is 355 g/mol. The van der Waals surface area contributed by atoms with Gasteiger partial charge in [-0.15, -0.1) is 0 Å². The van der Waals surface area contributed by atoms with Crippen molar-refractivity contribution in [3.63, 3.8) is 0 Å². The lowest BCUT2D eigenvalue weighted by Crippen LogP contribution is -2.10. The highest BCUT2D eigenvalue weighted by atomic mass is 35.5. The summed E-state index contributed by atoms with van der Waals surface area (Å²) in [6.45, 7) is 1.83. The summed E-state index contributed by atoms with van der Waals surface area (Å²) in [5.41, 5.74) is 2.33. The van der Waals surface area contributed by atoms with Gasteiger partial charge in [-0.3, -0.25) is 4.79 Å². The molecule has 3 rings (SSSR count). The fraction of sp³-hybridized carbons (Fsp3) is 0.158. The van der Waals surface area contributed by atoms with E-state index < -0.39 is 11.7 Å². The molecule has 0 saturated carbocycles. The summed E-state index contributed by atoms with van der Waals surface area (Å²) in [5, 5.41) is 3.87. The van der Waals surface area contributed by atoms with Gasteiger partial charge >= 0.3 is 0 Å². The summed E-state index contributed by atoms with van der Waals surface area (Å²) in [5.74, 6) is 3.98. The molecular formula is C19H15ClFN3O. The second-order valence-corrected chi connectivity index (χ2v) is 5.89. The molecule has 0 bridgehead atoms. The third-order valence-corrected chi connectivity index (χ3v) is 3.99. The van der Waals surface area contributed by atoms with Crippen molar-refractivity contribution in [1.82, 2.24) is 9.55 Å². The van der Waals surface area contributed by atoms with Crippen molar-refractivity contribution in [2.75, 3.05) is 5.32 Å². The fourth-order valence-corrected chi connectivity index (χ4v) is 2.78. The first-order valence-corrected chi connectivity index (χ1v) is 8.07. The number of nitrogens with one attached hydrogen (secondary N) is 1. The minimum Gasteiger partial charge on any atom is -0.334 e. The van der Waals surface area contributed by atoms with E-state index in [9.17, 15) is 9.18 Å². The first kappa shape index (κ1) is 17.0. The Kier molecular flexibility index (Phi) is 4.73. The molecule has 2 aromatic heterocycles. The first-order chi connectivity index (χ1) is 12.0. The maximum absolute atomic E-state index is 14.0. The van der Waals surface area contributed by atoms with Gasteiger partial charge in [0.05, 0.1) is 10.7 Å². The number of aromatic nitrogens is 2. The van der Waals surface area contributed by atoms with Crippen molar-refractivity contribution in [1.29, 1.82) is 0 Å². The average molecular weight is 356 g/mol. The van der Waals surface area contributed by atoms with Crippen LogP contribution >= 0.6 is 11.6 Å². The van der Waals surface area contributed by atoms with Crippen LogP contribution in [0.5, 0.6) is 0 Å². The number of fused-ring (bicyclic) bond motifs is 1. The number of pyridine rings is 1. The van der Waals surface area contributed by atoms with E-state index in [1.165, 1.54) is 6.07 Å². The molecule has 0 atom stereocenters. The summed E-state index contributed by atoms with van der Waals surface area (Å²) >= 11 is 6.22. The van der Waals surface area contributed by atoms with Crippen molar-refractivity contribution in [2.24, 2.45) is 7.05 Å². The number of halogens is 2. The Labute approximate surface area is 149 Å². The van der Waals surface area contributed by atoms with Crippen LogP contribution in [0.4, 0.5) is 10.1 Å². The Morgan fingerprint density at radius 3 is 2.92 bits per heavy atom. The van der Waals surface area contributed by atoms with Gasteiger partial charge in [0.15, 0.2) is 0 Å². The van der Waals surface area contributed by atoms with Crippen LogP contribution in [0.1, 0.15) is 13.3 Å². The molecule has 0 radical (unpaired) electrons. The van der Waals surface area contributed by atoms with Gasteiger partial charge < -0.3 is 9.88 Å². The van der Waals surface area contributed by atoms with Gasteiger partial charge in [0.25, 0.3) is 5.91 Å². The van der Waals surface area contributed by atoms with Crippen LogP contribution in [0.3, 0.4) is 0 Å². The predicted octanol–water partition coefficient (Wildman–Crippen LogP) is 4.38. The molecule has 25 heavy (non-hydrogen) atoms. The molecule has 6 heteroatoms. The minimum atomic E-state index is -0.544. The number of rotatable bonds is 2. The van der Waals surface area contributed by atoms with Gasteiger partial charge in [-0.2, -0.15) is 0 Å². The van der Waals surface area contributed by atoms with Gasteiger partial charge in [-0.25, -0.2) is 9.37 Å². The molecule has 4 nitrogen and oxygen atoms in total. The van der Waals surface area contributed by atoms with E-state index in [0.29, 0.717) is 11.4 Å². The topological polar surface area (TPSA) is 46.9 Å². The zero-order valence-corrected chi connectivity index (χ0v) is 14.5. The van der Waals surface area contributed by atoms with Crippen LogP contribution in [0.15, 0.2) is 36.7 Å². The third kappa shape index (κ3) is 3.49. The largest absolute Gasteiger partial charge is 0.334 e. The van der Waals surface area contributed by atoms with E-state index in [-0.39, 0.29) is 5.69 Å². The van der Waals surface area contributed by atoms with Crippen molar-refractivity contribution >= 4 is 34.2 Å². The van der Waals surface area contributed by atoms with Crippen LogP contribution in [-0.4, -0.2) is 15.5 Å². The van der Waals surface area contributed by atoms with Crippen molar-refractivity contribution < 1.29 is 9.18 Å². The Hall–Kier alpha value is -2.84. The standard InChI is InChI=1S/C19H15ClFN3O/c1-3-4-5-18(25)23-17-9-12(6-7-16(17)21)13-8-14-15(20)11-24(2)19(14)22-10-13/h6-11H,3H2,1-2H3,(H,23,25). The van der Waals surface area contributed by atoms with E-state index in [0.717, 1.165) is 22.2 Å². The highest BCUT2D eigenvalue weighted by Crippen LogP contribution is 2.30. The van der Waals surface area contributed by atoms with Gasteiger partial charge in [-0.1, -0.05) is 30.5 Å². The van der Waals surface area contributed by atoms with Crippen molar-refractivity contribution in [3.8, 4) is 23.0 Å². The van der Waals surface area contributed by atoms with E-state index >= 15 is 0 Å². The van der Waals surface area contributed by atoms with Gasteiger partial charge in [0.1, 0.15) is 11.5 Å². The smallest absolute Gasteiger partial charge is 0.300 e. The number of nitrogens with zero attached hydrogens (tertiary/aromatic N) is 2. The summed E-state index contributed by atoms with van der Waals surface area (Å²) in [6.07, 6.45) is 4.03. The van der Waals surface area contributed by atoms with Crippen molar-refractivity contribution in [3.05, 3.63) is 47.5 Å². The van der Waals surface area contributed by atoms with E-state index in [4.69, 9.17) is 11.6 Å². The summed E-state index contributed by atoms with van der Waals surface area (Å²) in [6, 6.07) is 6.37. The minimum absolute atomic E-state index is 0.0761. The second-order valence-electron chi connectivity index (χ2n) is 5.49. The van der Waals surface area contributed by atoms with E-state index in [1.807, 2.05) is 24.6 Å². The highest BCUT2D eigenvalue weighted by Gasteiger charge is 2.11. The number of hydrogen-bond acceptors (Lipinski definition) is 2. The Bertz CT molecular complexity index is 1030. The van der Waals surface area contributed by atoms with Crippen LogP contribution in [-0.2, 0) is 11.8 Å². The molecule has 0 saturated heterocycles. The molecule has 2 heterocycles. The lowest BCUT2D eigenvalue weighted by molar-refractivity contribution is -0.111. The average Bonchev–Trinajstić information content (AvgIpc) is 2.89. The summed E-state index contributed by atoms with van der Waals surface area (Å²) in [4.78, 5) is 16.1. The lowest BCUT2D eigenvalue weighted by atomic mass is 10.1. The molecule has 0 aliphatic rings. The highest BCUT2D eigenvalue weighted by molar-refractivity contribution is 6.35. The number of aryl methyl sites for hydroxylation is 1. The number of anilines is 1. The number of carbonyl (C=O) groups excluding carboxylic acids is 1. The molecule has 3 aromatic rings. The SMILES string of the molecule is CCC#CC(=O)Nc1cc(-c2cnc3c(c2)c(Cl)cn3C)ccc1F. The summed E-state index contributed by atoms with van der Waals surface area (Å²) < 4.78 is 15.8. The maximum Gasteiger partial charge on any atom is 0.300 e. The fourth-order valence-electron chi connectivity index (χ4n) is 2.50. The van der Waals surface area contributed by atoms with Gasteiger partial charge in [0, 0.05) is 36.8 Å². The molecule has 0 aliphatic carbocycles. The van der Waals surface area contributed by atoms with Crippen LogP contribution < -0.4 is 5.32 Å². The molecule has 0 aliphatic heterocycles. The Morgan fingerprint density at radius 2 is 2.16 bits per heavy atom. The summed E-state index contributed by atoms with van der Waals surface area (Å²) in [7, 11) is 1.86. The van der Waals surface area contributed by atoms with Gasteiger partial charge in [-0.05, 0) is 29.7 Å². The quantitative estimate of drug-likeness (QED) is 0.693. The number of amides is 1. The molecule has 1 amide bonds. The Balaban J connectivity index is 1.99. The zero-order valence-electron chi connectivity index (χ0n) is 13.7. The third-order valence-electron chi connectivity index (χ3n) is 3.69. The number of hydrogen-bond donors (Lipinski definition) is 1. The second kappa shape index (κ2) is 6.96. The maximum atomic E-state index is 14.0. The molecular weight excluding hydrogens is 341 g/mol. The molecule has 0 spiro atoms. The lowest BCUT2D eigenvalue weighted by Gasteiger charge is -2.07. The first-order valence-electron chi connectivity index (χ1n) is 7.70. The van der Waals surface area contributed by atoms with E-state index in [2.05, 4.69) is 22.1 Å². The molecule has 1 aromatic carbocycles. The molecule has 1 N–H and O–H groups in total. The molecule has 126 valence electrons. The number of carbonyl (C=O) groups is 1. The Morgan fingerprint density at radius 1 is 1.36 bits per heavy atom. The normalized spacial score (nSPS) is 10.4. The van der Waals surface area contributed by atoms with Crippen LogP contribution in [0.2, 0.25) is 5.02 Å². The number of benzene rings is 1. The zero-order chi connectivity index (χ0) is 18.0.